The number of benzene rings is 1. The lowest BCUT2D eigenvalue weighted by molar-refractivity contribution is -0.0147. The summed E-state index contributed by atoms with van der Waals surface area (Å²) in [6, 6.07) is 3.45. The summed E-state index contributed by atoms with van der Waals surface area (Å²) >= 11 is 1.25. The standard InChI is InChI=1S/C30H40F4N2S/c1-9-22(18-29(6,7)8)17-20(4)28-36-24(13-14-30(33,34)15-16-35-10-2)26(37-28)23-12-11-19(3)21(5)25(23)27(31)32/h10-12,17,27,35H,2,4,9,13-16,18H2,1,3,5-8H3/b22-17+. The summed E-state index contributed by atoms with van der Waals surface area (Å²) in [6.07, 6.45) is 1.62. The quantitative estimate of drug-likeness (QED) is 0.157. The van der Waals surface area contributed by atoms with Crippen LogP contribution in [0.15, 0.2) is 43.1 Å². The van der Waals surface area contributed by atoms with Crippen LogP contribution >= 0.6 is 11.3 Å². The van der Waals surface area contributed by atoms with Crippen LogP contribution in [-0.4, -0.2) is 17.5 Å². The minimum Gasteiger partial charge on any atom is -0.391 e. The maximum atomic E-state index is 14.6. The second kappa shape index (κ2) is 12.9. The van der Waals surface area contributed by atoms with Crippen LogP contribution in [0.1, 0.15) is 87.2 Å². The predicted molar refractivity (Wildman–Crippen MR) is 150 cm³/mol. The third-order valence-electron chi connectivity index (χ3n) is 6.32. The van der Waals surface area contributed by atoms with E-state index < -0.39 is 18.8 Å². The number of nitrogens with zero attached hydrogens (tertiary/aromatic N) is 1. The van der Waals surface area contributed by atoms with Crippen LogP contribution in [0.3, 0.4) is 0 Å². The topological polar surface area (TPSA) is 24.9 Å². The molecule has 1 N–H and O–H groups in total. The highest BCUT2D eigenvalue weighted by molar-refractivity contribution is 7.16. The number of thiazole rings is 1. The summed E-state index contributed by atoms with van der Waals surface area (Å²) in [7, 11) is 0. The van der Waals surface area contributed by atoms with Crippen molar-refractivity contribution >= 4 is 16.9 Å². The smallest absolute Gasteiger partial charge is 0.264 e. The summed E-state index contributed by atoms with van der Waals surface area (Å²) in [5.74, 6) is -2.93. The third-order valence-corrected chi connectivity index (χ3v) is 7.52. The number of alkyl halides is 4. The fraction of sp³-hybridized carbons (Fsp3) is 0.500. The van der Waals surface area contributed by atoms with Crippen molar-refractivity contribution in [3.63, 3.8) is 0 Å². The Morgan fingerprint density at radius 3 is 2.41 bits per heavy atom. The van der Waals surface area contributed by atoms with Gasteiger partial charge in [-0.25, -0.2) is 22.5 Å². The molecule has 1 aromatic heterocycles. The van der Waals surface area contributed by atoms with Crippen molar-refractivity contribution in [3.8, 4) is 10.4 Å². The van der Waals surface area contributed by atoms with Gasteiger partial charge in [-0.15, -0.1) is 11.3 Å². The number of halogens is 4. The first kappa shape index (κ1) is 30.8. The van der Waals surface area contributed by atoms with Crippen molar-refractivity contribution in [1.82, 2.24) is 10.3 Å². The largest absolute Gasteiger partial charge is 0.391 e. The summed E-state index contributed by atoms with van der Waals surface area (Å²) in [5, 5.41) is 3.27. The molecule has 2 nitrogen and oxygen atoms in total. The fourth-order valence-corrected chi connectivity index (χ4v) is 5.33. The van der Waals surface area contributed by atoms with E-state index >= 15 is 0 Å². The molecule has 0 fully saturated rings. The van der Waals surface area contributed by atoms with Gasteiger partial charge in [-0.2, -0.15) is 0 Å². The molecule has 0 spiro atoms. The van der Waals surface area contributed by atoms with Crippen LogP contribution in [0.4, 0.5) is 17.6 Å². The van der Waals surface area contributed by atoms with Crippen molar-refractivity contribution in [1.29, 1.82) is 0 Å². The number of hydrogen-bond donors (Lipinski definition) is 1. The molecule has 0 amide bonds. The zero-order valence-electron chi connectivity index (χ0n) is 22.9. The Hall–Kier alpha value is -2.41. The first-order chi connectivity index (χ1) is 17.2. The summed E-state index contributed by atoms with van der Waals surface area (Å²) in [5.41, 5.74) is 3.93. The van der Waals surface area contributed by atoms with Gasteiger partial charge in [0.05, 0.1) is 10.6 Å². The average molecular weight is 537 g/mol. The molecule has 0 saturated heterocycles. The van der Waals surface area contributed by atoms with Crippen molar-refractivity contribution in [2.45, 2.75) is 86.0 Å². The van der Waals surface area contributed by atoms with E-state index in [1.165, 1.54) is 23.1 Å². The Morgan fingerprint density at radius 2 is 1.84 bits per heavy atom. The minimum atomic E-state index is -2.93. The Morgan fingerprint density at radius 1 is 1.16 bits per heavy atom. The van der Waals surface area contributed by atoms with Crippen LogP contribution in [0.25, 0.3) is 16.0 Å². The molecular formula is C30H40F4N2S. The molecule has 37 heavy (non-hydrogen) atoms. The molecule has 2 aromatic rings. The Labute approximate surface area is 223 Å². The normalized spacial score (nSPS) is 12.8. The maximum absolute atomic E-state index is 14.6. The Kier molecular flexibility index (Phi) is 10.7. The lowest BCUT2D eigenvalue weighted by atomic mass is 9.86. The van der Waals surface area contributed by atoms with E-state index in [0.29, 0.717) is 32.3 Å². The van der Waals surface area contributed by atoms with Crippen molar-refractivity contribution in [2.24, 2.45) is 5.41 Å². The van der Waals surface area contributed by atoms with E-state index in [1.807, 2.05) is 6.08 Å². The van der Waals surface area contributed by atoms with E-state index in [1.54, 1.807) is 26.0 Å². The van der Waals surface area contributed by atoms with Gasteiger partial charge in [0.15, 0.2) is 0 Å². The first-order valence-corrected chi connectivity index (χ1v) is 13.5. The molecular weight excluding hydrogens is 496 g/mol. The molecule has 1 heterocycles. The van der Waals surface area contributed by atoms with Crippen molar-refractivity contribution in [2.75, 3.05) is 6.54 Å². The number of allylic oxidation sites excluding steroid dienone is 3. The molecule has 204 valence electrons. The van der Waals surface area contributed by atoms with Gasteiger partial charge in [0.25, 0.3) is 6.43 Å². The first-order valence-electron chi connectivity index (χ1n) is 12.7. The molecule has 1 aromatic carbocycles. The lowest BCUT2D eigenvalue weighted by Gasteiger charge is -2.20. The zero-order valence-corrected chi connectivity index (χ0v) is 23.7. The highest BCUT2D eigenvalue weighted by Gasteiger charge is 2.30. The molecule has 7 heteroatoms. The summed E-state index contributed by atoms with van der Waals surface area (Å²) in [6.45, 7) is 19.8. The number of rotatable bonds is 13. The second-order valence-electron chi connectivity index (χ2n) is 10.7. The third kappa shape index (κ3) is 8.84. The van der Waals surface area contributed by atoms with E-state index in [4.69, 9.17) is 0 Å². The Balaban J connectivity index is 2.55. The van der Waals surface area contributed by atoms with E-state index in [9.17, 15) is 17.6 Å². The SMILES string of the molecule is C=CNCCC(F)(F)CCc1nc(C(=C)/C=C(\CC)CC(C)(C)C)sc1-c1ccc(C)c(C)c1C(F)F. The second-order valence-corrected chi connectivity index (χ2v) is 11.7. The van der Waals surface area contributed by atoms with Gasteiger partial charge in [-0.05, 0) is 55.9 Å². The van der Waals surface area contributed by atoms with Crippen LogP contribution in [0, 0.1) is 19.3 Å². The molecule has 0 aliphatic heterocycles. The van der Waals surface area contributed by atoms with Crippen LogP contribution in [-0.2, 0) is 6.42 Å². The van der Waals surface area contributed by atoms with Crippen LogP contribution < -0.4 is 5.32 Å². The van der Waals surface area contributed by atoms with Crippen LogP contribution in [0.2, 0.25) is 0 Å². The number of nitrogens with one attached hydrogen (secondary N) is 1. The molecule has 0 saturated carbocycles. The van der Waals surface area contributed by atoms with Gasteiger partial charge in [0, 0.05) is 36.1 Å². The molecule has 0 aliphatic rings. The molecule has 0 atom stereocenters. The van der Waals surface area contributed by atoms with Crippen LogP contribution in [0.5, 0.6) is 0 Å². The van der Waals surface area contributed by atoms with Crippen molar-refractivity contribution in [3.05, 3.63) is 70.5 Å². The molecule has 0 bridgehead atoms. The lowest BCUT2D eigenvalue weighted by Crippen LogP contribution is -2.23. The summed E-state index contributed by atoms with van der Waals surface area (Å²) < 4.78 is 57.6. The van der Waals surface area contributed by atoms with Gasteiger partial charge in [-0.3, -0.25) is 0 Å². The molecule has 0 aliphatic carbocycles. The highest BCUT2D eigenvalue weighted by atomic mass is 32.1. The molecule has 2 rings (SSSR count). The molecule has 0 unspecified atom stereocenters. The monoisotopic (exact) mass is 536 g/mol. The average Bonchev–Trinajstić information content (AvgIpc) is 3.22. The van der Waals surface area contributed by atoms with E-state index in [-0.39, 0.29) is 30.4 Å². The van der Waals surface area contributed by atoms with E-state index in [2.05, 4.69) is 51.2 Å². The van der Waals surface area contributed by atoms with Gasteiger partial charge in [0.2, 0.25) is 5.92 Å². The zero-order chi connectivity index (χ0) is 28.0. The highest BCUT2D eigenvalue weighted by Crippen LogP contribution is 2.42. The van der Waals surface area contributed by atoms with Gasteiger partial charge in [-0.1, -0.05) is 64.6 Å². The summed E-state index contributed by atoms with van der Waals surface area (Å²) in [4.78, 5) is 5.20. The molecule has 0 radical (unpaired) electrons. The van der Waals surface area contributed by atoms with E-state index in [0.717, 1.165) is 18.4 Å². The maximum Gasteiger partial charge on any atom is 0.264 e. The van der Waals surface area contributed by atoms with Crippen molar-refractivity contribution < 1.29 is 17.6 Å². The van der Waals surface area contributed by atoms with Gasteiger partial charge >= 0.3 is 0 Å². The predicted octanol–water partition coefficient (Wildman–Crippen LogP) is 9.84. The number of aryl methyl sites for hydroxylation is 2. The number of hydrogen-bond acceptors (Lipinski definition) is 3. The number of aromatic nitrogens is 1. The Bertz CT molecular complexity index is 1120. The van der Waals surface area contributed by atoms with Gasteiger partial charge in [0.1, 0.15) is 5.01 Å². The minimum absolute atomic E-state index is 0.0256. The fourth-order valence-electron chi connectivity index (χ4n) is 4.24. The van der Waals surface area contributed by atoms with Gasteiger partial charge < -0.3 is 5.32 Å².